The third-order valence-electron chi connectivity index (χ3n) is 5.97. The number of nitrogens with zero attached hydrogens (tertiary/aromatic N) is 2. The molecule has 0 N–H and O–H groups in total. The molecule has 4 rings (SSSR count). The number of halogens is 2. The molecule has 9 nitrogen and oxygen atoms in total. The van der Waals surface area contributed by atoms with Crippen molar-refractivity contribution in [1.29, 1.82) is 0 Å². The van der Waals surface area contributed by atoms with E-state index in [0.717, 1.165) is 9.13 Å². The zero-order valence-electron chi connectivity index (χ0n) is 23.0. The second-order valence-corrected chi connectivity index (χ2v) is 12.2. The summed E-state index contributed by atoms with van der Waals surface area (Å²) < 4.78 is 25.0. The number of thiazole rings is 1. The number of ether oxygens (including phenoxy) is 4. The Kier molecular flexibility index (Phi) is 10.1. The van der Waals surface area contributed by atoms with Crippen LogP contribution in [0.15, 0.2) is 61.9 Å². The van der Waals surface area contributed by atoms with Crippen LogP contribution < -0.4 is 24.4 Å². The molecule has 0 amide bonds. The number of methoxy groups -OCH3 is 1. The van der Waals surface area contributed by atoms with Crippen LogP contribution in [-0.4, -0.2) is 42.9 Å². The smallest absolute Gasteiger partial charge is 0.343 e. The van der Waals surface area contributed by atoms with Gasteiger partial charge < -0.3 is 18.9 Å². The quantitative estimate of drug-likeness (QED) is 0.234. The lowest BCUT2D eigenvalue weighted by molar-refractivity contribution is -0.143. The van der Waals surface area contributed by atoms with Gasteiger partial charge in [-0.25, -0.2) is 14.6 Å². The predicted octanol–water partition coefficient (Wildman–Crippen LogP) is 4.50. The molecule has 1 aliphatic heterocycles. The van der Waals surface area contributed by atoms with Crippen molar-refractivity contribution in [3.05, 3.63) is 86.5 Å². The van der Waals surface area contributed by atoms with Crippen molar-refractivity contribution in [2.24, 2.45) is 4.99 Å². The van der Waals surface area contributed by atoms with Gasteiger partial charge in [-0.05, 0) is 96.1 Å². The molecular formula is C29H28BrIN2O7S. The van der Waals surface area contributed by atoms with E-state index in [1.165, 1.54) is 23.0 Å². The molecule has 1 atom stereocenters. The van der Waals surface area contributed by atoms with Crippen molar-refractivity contribution in [3.8, 4) is 11.5 Å². The van der Waals surface area contributed by atoms with Crippen molar-refractivity contribution in [2.75, 3.05) is 20.3 Å². The fourth-order valence-electron chi connectivity index (χ4n) is 4.30. The van der Waals surface area contributed by atoms with Crippen LogP contribution >= 0.6 is 49.9 Å². The summed E-state index contributed by atoms with van der Waals surface area (Å²) >= 11 is 6.84. The number of rotatable bonds is 9. The van der Waals surface area contributed by atoms with E-state index >= 15 is 0 Å². The van der Waals surface area contributed by atoms with Gasteiger partial charge in [-0.3, -0.25) is 9.36 Å². The van der Waals surface area contributed by atoms with Crippen molar-refractivity contribution in [3.63, 3.8) is 0 Å². The van der Waals surface area contributed by atoms with Gasteiger partial charge in [-0.15, -0.1) is 0 Å². The standard InChI is InChI=1S/C29H28BrIN2O7S/c1-6-38-28(36)24-16(4)32-29-33(25(24)18-9-7-8-10-21(18)40-15(2)3)27(35)22(41-29)13-17-11-19(30)26(20(31)12-17)39-14-23(34)37-5/h7-13,15,25H,6,14H2,1-5H3/b22-13+/t25-/m1/s1. The molecule has 0 saturated heterocycles. The minimum atomic E-state index is -0.789. The molecule has 0 spiro atoms. The summed E-state index contributed by atoms with van der Waals surface area (Å²) in [6.07, 6.45) is 1.64. The van der Waals surface area contributed by atoms with Crippen LogP contribution in [-0.2, 0) is 19.1 Å². The van der Waals surface area contributed by atoms with Gasteiger partial charge in [0.25, 0.3) is 5.56 Å². The molecule has 0 saturated carbocycles. The summed E-state index contributed by atoms with van der Waals surface area (Å²) in [5.41, 5.74) is 1.86. The molecular weight excluding hydrogens is 727 g/mol. The van der Waals surface area contributed by atoms with Gasteiger partial charge in [0.15, 0.2) is 11.4 Å². The highest BCUT2D eigenvalue weighted by Gasteiger charge is 2.35. The van der Waals surface area contributed by atoms with Crippen LogP contribution in [0.5, 0.6) is 11.5 Å². The second-order valence-electron chi connectivity index (χ2n) is 9.19. The van der Waals surface area contributed by atoms with Gasteiger partial charge in [0.2, 0.25) is 0 Å². The maximum atomic E-state index is 14.0. The second kappa shape index (κ2) is 13.3. The highest BCUT2D eigenvalue weighted by Crippen LogP contribution is 2.36. The number of benzene rings is 2. The zero-order valence-corrected chi connectivity index (χ0v) is 27.6. The topological polar surface area (TPSA) is 105 Å². The van der Waals surface area contributed by atoms with E-state index in [4.69, 9.17) is 14.2 Å². The van der Waals surface area contributed by atoms with Crippen LogP contribution in [0, 0.1) is 3.57 Å². The van der Waals surface area contributed by atoms with Crippen molar-refractivity contribution in [1.82, 2.24) is 4.57 Å². The number of fused-ring (bicyclic) bond motifs is 1. The first-order valence-electron chi connectivity index (χ1n) is 12.7. The Labute approximate surface area is 262 Å². The molecule has 2 aromatic carbocycles. The van der Waals surface area contributed by atoms with Gasteiger partial charge in [-0.2, -0.15) is 0 Å². The maximum absolute atomic E-state index is 14.0. The molecule has 1 aliphatic rings. The summed E-state index contributed by atoms with van der Waals surface area (Å²) in [6, 6.07) is 10.2. The molecule has 41 heavy (non-hydrogen) atoms. The van der Waals surface area contributed by atoms with E-state index in [1.807, 2.05) is 44.2 Å². The van der Waals surface area contributed by atoms with Crippen LogP contribution in [0.25, 0.3) is 6.08 Å². The molecule has 12 heteroatoms. The summed E-state index contributed by atoms with van der Waals surface area (Å²) in [7, 11) is 1.29. The van der Waals surface area contributed by atoms with E-state index in [9.17, 15) is 14.4 Å². The Morgan fingerprint density at radius 2 is 1.98 bits per heavy atom. The summed E-state index contributed by atoms with van der Waals surface area (Å²) in [5, 5.41) is 0. The number of hydrogen-bond acceptors (Lipinski definition) is 9. The maximum Gasteiger partial charge on any atom is 0.343 e. The van der Waals surface area contributed by atoms with Crippen LogP contribution in [0.3, 0.4) is 0 Å². The molecule has 1 aromatic heterocycles. The highest BCUT2D eigenvalue weighted by atomic mass is 127. The van der Waals surface area contributed by atoms with Crippen molar-refractivity contribution < 1.29 is 28.5 Å². The first-order valence-corrected chi connectivity index (χ1v) is 15.4. The van der Waals surface area contributed by atoms with Gasteiger partial charge in [0.05, 0.1) is 43.7 Å². The van der Waals surface area contributed by atoms with Crippen molar-refractivity contribution >= 4 is 67.9 Å². The van der Waals surface area contributed by atoms with Crippen LogP contribution in [0.4, 0.5) is 0 Å². The Hall–Kier alpha value is -2.97. The lowest BCUT2D eigenvalue weighted by Crippen LogP contribution is -2.40. The lowest BCUT2D eigenvalue weighted by atomic mass is 9.95. The van der Waals surface area contributed by atoms with Gasteiger partial charge in [0, 0.05) is 5.56 Å². The average molecular weight is 755 g/mol. The number of aromatic nitrogens is 1. The molecule has 0 fully saturated rings. The Bertz CT molecular complexity index is 1690. The summed E-state index contributed by atoms with van der Waals surface area (Å²) in [5.74, 6) is 0.0318. The average Bonchev–Trinajstić information content (AvgIpc) is 3.21. The number of carbonyl (C=O) groups is 2. The number of allylic oxidation sites excluding steroid dienone is 1. The zero-order chi connectivity index (χ0) is 29.8. The van der Waals surface area contributed by atoms with Gasteiger partial charge in [-0.1, -0.05) is 29.5 Å². The lowest BCUT2D eigenvalue weighted by Gasteiger charge is -2.26. The Morgan fingerprint density at radius 1 is 1.24 bits per heavy atom. The minimum absolute atomic E-state index is 0.122. The molecule has 0 aliphatic carbocycles. The Morgan fingerprint density at radius 3 is 2.63 bits per heavy atom. The van der Waals surface area contributed by atoms with E-state index in [1.54, 1.807) is 26.0 Å². The summed E-state index contributed by atoms with van der Waals surface area (Å²) in [6.45, 7) is 7.27. The van der Waals surface area contributed by atoms with E-state index in [2.05, 4.69) is 48.3 Å². The Balaban J connectivity index is 1.88. The normalized spacial score (nSPS) is 14.9. The minimum Gasteiger partial charge on any atom is -0.491 e. The summed E-state index contributed by atoms with van der Waals surface area (Å²) in [4.78, 5) is 43.8. The molecule has 216 valence electrons. The van der Waals surface area contributed by atoms with E-state index in [0.29, 0.717) is 36.6 Å². The van der Waals surface area contributed by atoms with Crippen LogP contribution in [0.1, 0.15) is 44.9 Å². The number of hydrogen-bond donors (Lipinski definition) is 0. The molecule has 2 heterocycles. The number of esters is 2. The third-order valence-corrected chi connectivity index (χ3v) is 8.35. The van der Waals surface area contributed by atoms with Crippen molar-refractivity contribution in [2.45, 2.75) is 39.8 Å². The number of carbonyl (C=O) groups excluding carboxylic acids is 2. The largest absolute Gasteiger partial charge is 0.491 e. The van der Waals surface area contributed by atoms with Gasteiger partial charge in [0.1, 0.15) is 17.5 Å². The first kappa shape index (κ1) is 31.0. The first-order chi connectivity index (χ1) is 19.5. The molecule has 3 aromatic rings. The third kappa shape index (κ3) is 6.75. The monoisotopic (exact) mass is 754 g/mol. The fourth-order valence-corrected chi connectivity index (χ4v) is 7.11. The van der Waals surface area contributed by atoms with E-state index < -0.39 is 18.0 Å². The highest BCUT2D eigenvalue weighted by molar-refractivity contribution is 14.1. The van der Waals surface area contributed by atoms with E-state index in [-0.39, 0.29) is 30.5 Å². The SMILES string of the molecule is CCOC(=O)C1=C(C)N=c2s/c(=C/c3cc(Br)c(OCC(=O)OC)c(I)c3)c(=O)n2[C@@H]1c1ccccc1OC(C)C. The predicted molar refractivity (Wildman–Crippen MR) is 167 cm³/mol. The van der Waals surface area contributed by atoms with Gasteiger partial charge >= 0.3 is 11.9 Å². The van der Waals surface area contributed by atoms with Crippen LogP contribution in [0.2, 0.25) is 0 Å². The molecule has 0 unspecified atom stereocenters. The molecule has 0 radical (unpaired) electrons. The number of para-hydroxylation sites is 1. The fraction of sp³-hybridized carbons (Fsp3) is 0.310. The molecule has 0 bridgehead atoms.